The van der Waals surface area contributed by atoms with E-state index in [1.54, 1.807) is 54.5 Å². The molecule has 170 valence electrons. The molecule has 1 aliphatic rings. The van der Waals surface area contributed by atoms with E-state index in [9.17, 15) is 14.4 Å². The van der Waals surface area contributed by atoms with Gasteiger partial charge < -0.3 is 25.0 Å². The molecule has 1 saturated heterocycles. The minimum Gasteiger partial charge on any atom is -0.496 e. The summed E-state index contributed by atoms with van der Waals surface area (Å²) in [7, 11) is 3.03. The number of rotatable bonds is 8. The third-order valence-electron chi connectivity index (χ3n) is 5.40. The lowest BCUT2D eigenvalue weighted by atomic mass is 10.0. The molecule has 32 heavy (non-hydrogen) atoms. The molecule has 1 aliphatic heterocycles. The van der Waals surface area contributed by atoms with Crippen molar-refractivity contribution in [1.29, 1.82) is 0 Å². The van der Waals surface area contributed by atoms with Crippen LogP contribution in [0.25, 0.3) is 0 Å². The second kappa shape index (κ2) is 10.2. The van der Waals surface area contributed by atoms with Crippen LogP contribution in [0.3, 0.4) is 0 Å². The molecule has 0 bridgehead atoms. The van der Waals surface area contributed by atoms with Crippen molar-refractivity contribution >= 4 is 29.1 Å². The van der Waals surface area contributed by atoms with Crippen LogP contribution in [0.4, 0.5) is 11.4 Å². The number of methoxy groups -OCH3 is 2. The average molecular weight is 440 g/mol. The van der Waals surface area contributed by atoms with Crippen LogP contribution >= 0.6 is 0 Å². The van der Waals surface area contributed by atoms with Gasteiger partial charge in [0.25, 0.3) is 5.91 Å². The number of para-hydroxylation sites is 1. The van der Waals surface area contributed by atoms with E-state index in [-0.39, 0.29) is 17.7 Å². The molecule has 8 heteroatoms. The Morgan fingerprint density at radius 1 is 1.03 bits per heavy atom. The van der Waals surface area contributed by atoms with Gasteiger partial charge in [-0.05, 0) is 42.7 Å². The molecule has 8 nitrogen and oxygen atoms in total. The lowest BCUT2D eigenvalue weighted by molar-refractivity contribution is -0.119. The molecule has 0 saturated carbocycles. The maximum Gasteiger partial charge on any atom is 0.255 e. The molecule has 0 spiro atoms. The normalized spacial score (nSPS) is 14.3. The number of anilines is 2. The van der Waals surface area contributed by atoms with Crippen LogP contribution in [-0.4, -0.2) is 44.5 Å². The first-order valence-corrected chi connectivity index (χ1v) is 10.6. The Morgan fingerprint density at radius 3 is 2.38 bits per heavy atom. The van der Waals surface area contributed by atoms with Crippen LogP contribution in [0.2, 0.25) is 0 Å². The van der Waals surface area contributed by atoms with Gasteiger partial charge in [-0.1, -0.05) is 26.0 Å². The van der Waals surface area contributed by atoms with Crippen molar-refractivity contribution in [2.75, 3.05) is 31.0 Å². The summed E-state index contributed by atoms with van der Waals surface area (Å²) in [6, 6.07) is 11.2. The highest BCUT2D eigenvalue weighted by molar-refractivity contribution is 6.03. The smallest absolute Gasteiger partial charge is 0.255 e. The van der Waals surface area contributed by atoms with Crippen molar-refractivity contribution in [3.63, 3.8) is 0 Å². The highest BCUT2D eigenvalue weighted by Gasteiger charge is 2.28. The first kappa shape index (κ1) is 23.1. The molecular formula is C24H29N3O5. The van der Waals surface area contributed by atoms with Gasteiger partial charge in [0, 0.05) is 18.7 Å². The molecule has 3 rings (SSSR count). The third kappa shape index (κ3) is 5.01. The first-order valence-electron chi connectivity index (χ1n) is 10.6. The number of ether oxygens (including phenoxy) is 2. The SMILES string of the molecule is COc1ccccc1C(=O)NC(C(=O)Nc1ccc(OC)c(N2CCCC2=O)c1)C(C)C. The van der Waals surface area contributed by atoms with E-state index in [4.69, 9.17) is 9.47 Å². The number of hydrogen-bond acceptors (Lipinski definition) is 5. The van der Waals surface area contributed by atoms with Crippen molar-refractivity contribution in [3.05, 3.63) is 48.0 Å². The number of carbonyl (C=O) groups excluding carboxylic acids is 3. The Labute approximate surface area is 187 Å². The van der Waals surface area contributed by atoms with E-state index >= 15 is 0 Å². The summed E-state index contributed by atoms with van der Waals surface area (Å²) >= 11 is 0. The monoisotopic (exact) mass is 439 g/mol. The van der Waals surface area contributed by atoms with Gasteiger partial charge in [-0.2, -0.15) is 0 Å². The molecular weight excluding hydrogens is 410 g/mol. The molecule has 0 radical (unpaired) electrons. The van der Waals surface area contributed by atoms with Crippen molar-refractivity contribution in [2.45, 2.75) is 32.7 Å². The molecule has 2 aromatic carbocycles. The lowest BCUT2D eigenvalue weighted by Crippen LogP contribution is -2.47. The first-order chi connectivity index (χ1) is 15.3. The van der Waals surface area contributed by atoms with Gasteiger partial charge in [0.05, 0.1) is 25.5 Å². The van der Waals surface area contributed by atoms with Crippen molar-refractivity contribution in [1.82, 2.24) is 5.32 Å². The molecule has 1 atom stereocenters. The standard InChI is InChI=1S/C24H29N3O5/c1-15(2)22(26-23(29)17-8-5-6-9-19(17)31-3)24(30)25-16-11-12-20(32-4)18(14-16)27-13-7-10-21(27)28/h5-6,8-9,11-12,14-15,22H,7,10,13H2,1-4H3,(H,25,30)(H,26,29). The molecule has 1 heterocycles. The van der Waals surface area contributed by atoms with Gasteiger partial charge in [0.15, 0.2) is 0 Å². The van der Waals surface area contributed by atoms with E-state index in [2.05, 4.69) is 10.6 Å². The van der Waals surface area contributed by atoms with E-state index in [1.165, 1.54) is 7.11 Å². The maximum atomic E-state index is 13.1. The minimum atomic E-state index is -0.772. The largest absolute Gasteiger partial charge is 0.496 e. The number of hydrogen-bond donors (Lipinski definition) is 2. The van der Waals surface area contributed by atoms with Gasteiger partial charge in [-0.15, -0.1) is 0 Å². The number of nitrogens with zero attached hydrogens (tertiary/aromatic N) is 1. The Morgan fingerprint density at radius 2 is 1.75 bits per heavy atom. The van der Waals surface area contributed by atoms with Crippen molar-refractivity contribution in [2.24, 2.45) is 5.92 Å². The van der Waals surface area contributed by atoms with Crippen LogP contribution < -0.4 is 25.0 Å². The highest BCUT2D eigenvalue weighted by Crippen LogP contribution is 2.34. The molecule has 1 unspecified atom stereocenters. The average Bonchev–Trinajstić information content (AvgIpc) is 3.22. The fourth-order valence-corrected chi connectivity index (χ4v) is 3.69. The Balaban J connectivity index is 1.79. The lowest BCUT2D eigenvalue weighted by Gasteiger charge is -2.23. The number of carbonyl (C=O) groups is 3. The fourth-order valence-electron chi connectivity index (χ4n) is 3.69. The third-order valence-corrected chi connectivity index (χ3v) is 5.40. The van der Waals surface area contributed by atoms with E-state index in [0.29, 0.717) is 41.4 Å². The van der Waals surface area contributed by atoms with Crippen molar-refractivity contribution < 1.29 is 23.9 Å². The highest BCUT2D eigenvalue weighted by atomic mass is 16.5. The fraction of sp³-hybridized carbons (Fsp3) is 0.375. The Bertz CT molecular complexity index is 1000. The number of nitrogens with one attached hydrogen (secondary N) is 2. The van der Waals surface area contributed by atoms with Crippen molar-refractivity contribution in [3.8, 4) is 11.5 Å². The summed E-state index contributed by atoms with van der Waals surface area (Å²) < 4.78 is 10.7. The van der Waals surface area contributed by atoms with E-state index in [0.717, 1.165) is 6.42 Å². The molecule has 0 aromatic heterocycles. The summed E-state index contributed by atoms with van der Waals surface area (Å²) in [5.74, 6) is 0.107. The molecule has 3 amide bonds. The van der Waals surface area contributed by atoms with Gasteiger partial charge in [-0.25, -0.2) is 0 Å². The van der Waals surface area contributed by atoms with Crippen LogP contribution in [0.15, 0.2) is 42.5 Å². The second-order valence-corrected chi connectivity index (χ2v) is 7.92. The molecule has 2 aromatic rings. The van der Waals surface area contributed by atoms with Gasteiger partial charge >= 0.3 is 0 Å². The minimum absolute atomic E-state index is 0.0240. The zero-order valence-corrected chi connectivity index (χ0v) is 18.8. The number of amides is 3. The van der Waals surface area contributed by atoms with Crippen LogP contribution in [0, 0.1) is 5.92 Å². The molecule has 1 fully saturated rings. The van der Waals surface area contributed by atoms with Crippen LogP contribution in [0.1, 0.15) is 37.0 Å². The van der Waals surface area contributed by atoms with Crippen LogP contribution in [0.5, 0.6) is 11.5 Å². The summed E-state index contributed by atoms with van der Waals surface area (Å²) in [5.41, 5.74) is 1.49. The van der Waals surface area contributed by atoms with Gasteiger partial charge in [-0.3, -0.25) is 14.4 Å². The molecule has 2 N–H and O–H groups in total. The zero-order chi connectivity index (χ0) is 23.3. The predicted octanol–water partition coefficient (Wildman–Crippen LogP) is 3.22. The Kier molecular flexibility index (Phi) is 7.35. The topological polar surface area (TPSA) is 97.0 Å². The predicted molar refractivity (Wildman–Crippen MR) is 122 cm³/mol. The molecule has 0 aliphatic carbocycles. The summed E-state index contributed by atoms with van der Waals surface area (Å²) in [6.45, 7) is 4.32. The summed E-state index contributed by atoms with van der Waals surface area (Å²) in [6.07, 6.45) is 1.27. The number of benzene rings is 2. The second-order valence-electron chi connectivity index (χ2n) is 7.92. The summed E-state index contributed by atoms with van der Waals surface area (Å²) in [4.78, 5) is 39.7. The summed E-state index contributed by atoms with van der Waals surface area (Å²) in [5, 5.41) is 5.67. The Hall–Kier alpha value is -3.55. The quantitative estimate of drug-likeness (QED) is 0.658. The van der Waals surface area contributed by atoms with E-state index in [1.807, 2.05) is 13.8 Å². The van der Waals surface area contributed by atoms with Gasteiger partial charge in [0.2, 0.25) is 11.8 Å². The zero-order valence-electron chi connectivity index (χ0n) is 18.8. The maximum absolute atomic E-state index is 13.1. The van der Waals surface area contributed by atoms with Crippen LogP contribution in [-0.2, 0) is 9.59 Å². The van der Waals surface area contributed by atoms with Gasteiger partial charge in [0.1, 0.15) is 17.5 Å². The van der Waals surface area contributed by atoms with E-state index < -0.39 is 11.9 Å².